The third-order valence-electron chi connectivity index (χ3n) is 3.62. The summed E-state index contributed by atoms with van der Waals surface area (Å²) in [5.41, 5.74) is 1.03. The summed E-state index contributed by atoms with van der Waals surface area (Å²) in [5.74, 6) is 2.74. The molecule has 116 valence electrons. The first-order valence-corrected chi connectivity index (χ1v) is 8.04. The van der Waals surface area contributed by atoms with E-state index in [1.807, 2.05) is 30.0 Å². The van der Waals surface area contributed by atoms with E-state index in [0.29, 0.717) is 6.54 Å². The van der Waals surface area contributed by atoms with E-state index in [4.69, 9.17) is 14.6 Å². The molecule has 1 N–H and O–H groups in total. The van der Waals surface area contributed by atoms with Gasteiger partial charge in [-0.3, -0.25) is 9.69 Å². The molecule has 1 aromatic carbocycles. The molecule has 0 saturated carbocycles. The van der Waals surface area contributed by atoms with Gasteiger partial charge in [0.05, 0.1) is 20.6 Å². The number of thioether (sulfide) groups is 1. The number of nitrogens with zero attached hydrogens (tertiary/aromatic N) is 1. The lowest BCUT2D eigenvalue weighted by atomic mass is 10.1. The molecule has 5 nitrogen and oxygen atoms in total. The maximum Gasteiger partial charge on any atom is 0.304 e. The smallest absolute Gasteiger partial charge is 0.304 e. The summed E-state index contributed by atoms with van der Waals surface area (Å²) >= 11 is 1.82. The third-order valence-corrected chi connectivity index (χ3v) is 4.71. The zero-order valence-corrected chi connectivity index (χ0v) is 13.2. The Morgan fingerprint density at radius 1 is 1.43 bits per heavy atom. The van der Waals surface area contributed by atoms with Gasteiger partial charge in [0.2, 0.25) is 0 Å². The molecule has 0 aliphatic carbocycles. The normalized spacial score (nSPS) is 19.2. The van der Waals surface area contributed by atoms with E-state index in [2.05, 4.69) is 4.90 Å². The van der Waals surface area contributed by atoms with E-state index in [1.165, 1.54) is 0 Å². The molecule has 2 rings (SSSR count). The molecule has 0 aromatic heterocycles. The van der Waals surface area contributed by atoms with Gasteiger partial charge >= 0.3 is 5.97 Å². The van der Waals surface area contributed by atoms with Crippen LogP contribution < -0.4 is 9.47 Å². The number of hydrogen-bond acceptors (Lipinski definition) is 5. The molecule has 1 fully saturated rings. The first kappa shape index (κ1) is 16.0. The summed E-state index contributed by atoms with van der Waals surface area (Å²) in [6.45, 7) is 1.57. The molecule has 0 radical (unpaired) electrons. The van der Waals surface area contributed by atoms with Crippen molar-refractivity contribution in [2.45, 2.75) is 19.0 Å². The van der Waals surface area contributed by atoms with Crippen LogP contribution in [0.5, 0.6) is 11.5 Å². The van der Waals surface area contributed by atoms with E-state index >= 15 is 0 Å². The lowest BCUT2D eigenvalue weighted by Gasteiger charge is -2.34. The third kappa shape index (κ3) is 4.28. The number of methoxy groups -OCH3 is 2. The number of carboxylic acid groups (broad SMARTS) is 1. The number of carboxylic acids is 1. The first-order chi connectivity index (χ1) is 10.1. The van der Waals surface area contributed by atoms with Gasteiger partial charge in [-0.2, -0.15) is 11.8 Å². The second-order valence-electron chi connectivity index (χ2n) is 4.97. The monoisotopic (exact) mass is 311 g/mol. The Bertz CT molecular complexity index is 495. The predicted octanol–water partition coefficient (Wildman–Crippen LogP) is 2.10. The van der Waals surface area contributed by atoms with Crippen LogP contribution in [-0.2, 0) is 11.3 Å². The summed E-state index contributed by atoms with van der Waals surface area (Å²) in [5, 5.41) is 9.05. The number of benzene rings is 1. The van der Waals surface area contributed by atoms with Gasteiger partial charge in [-0.1, -0.05) is 0 Å². The van der Waals surface area contributed by atoms with E-state index in [1.54, 1.807) is 14.2 Å². The van der Waals surface area contributed by atoms with Crippen molar-refractivity contribution in [2.24, 2.45) is 0 Å². The standard InChI is InChI=1S/C15H21NO4S/c1-19-13-3-4-14(20-2)11(7-13)9-16-5-6-21-10-12(16)8-15(17)18/h3-4,7,12H,5-6,8-10H2,1-2H3,(H,17,18). The molecule has 21 heavy (non-hydrogen) atoms. The molecular formula is C15H21NO4S. The first-order valence-electron chi connectivity index (χ1n) is 6.88. The van der Waals surface area contributed by atoms with Gasteiger partial charge in [0, 0.05) is 36.2 Å². The Balaban J connectivity index is 2.15. The molecule has 1 unspecified atom stereocenters. The molecule has 6 heteroatoms. The van der Waals surface area contributed by atoms with Crippen LogP contribution in [-0.4, -0.2) is 54.3 Å². The molecule has 0 spiro atoms. The van der Waals surface area contributed by atoms with E-state index in [-0.39, 0.29) is 12.5 Å². The van der Waals surface area contributed by atoms with Crippen LogP contribution in [0.2, 0.25) is 0 Å². The minimum atomic E-state index is -0.745. The number of carbonyl (C=O) groups is 1. The van der Waals surface area contributed by atoms with Gasteiger partial charge < -0.3 is 14.6 Å². The number of hydrogen-bond donors (Lipinski definition) is 1. The number of rotatable bonds is 6. The van der Waals surface area contributed by atoms with Crippen molar-refractivity contribution in [3.63, 3.8) is 0 Å². The molecule has 1 heterocycles. The van der Waals surface area contributed by atoms with Gasteiger partial charge in [-0.05, 0) is 18.2 Å². The topological polar surface area (TPSA) is 59.0 Å². The lowest BCUT2D eigenvalue weighted by Crippen LogP contribution is -2.43. The van der Waals surface area contributed by atoms with Gasteiger partial charge in [0.1, 0.15) is 11.5 Å². The largest absolute Gasteiger partial charge is 0.497 e. The average molecular weight is 311 g/mol. The fourth-order valence-corrected chi connectivity index (χ4v) is 3.64. The minimum Gasteiger partial charge on any atom is -0.497 e. The quantitative estimate of drug-likeness (QED) is 0.868. The Hall–Kier alpha value is -1.40. The van der Waals surface area contributed by atoms with Crippen LogP contribution in [0.1, 0.15) is 12.0 Å². The van der Waals surface area contributed by atoms with Crippen LogP contribution in [0.4, 0.5) is 0 Å². The van der Waals surface area contributed by atoms with Crippen molar-refractivity contribution in [1.29, 1.82) is 0 Å². The summed E-state index contributed by atoms with van der Waals surface area (Å²) < 4.78 is 10.7. The Labute approximate surface area is 129 Å². The molecular weight excluding hydrogens is 290 g/mol. The molecule has 1 aromatic rings. The number of ether oxygens (including phenoxy) is 2. The van der Waals surface area contributed by atoms with Crippen molar-refractivity contribution in [2.75, 3.05) is 32.3 Å². The maximum absolute atomic E-state index is 11.0. The average Bonchev–Trinajstić information content (AvgIpc) is 2.48. The van der Waals surface area contributed by atoms with Gasteiger partial charge in [0.15, 0.2) is 0 Å². The highest BCUT2D eigenvalue weighted by Crippen LogP contribution is 2.28. The second-order valence-corrected chi connectivity index (χ2v) is 6.12. The molecule has 1 aliphatic heterocycles. The summed E-state index contributed by atoms with van der Waals surface area (Å²) in [6, 6.07) is 5.78. The fourth-order valence-electron chi connectivity index (χ4n) is 2.51. The summed E-state index contributed by atoms with van der Waals surface area (Å²) in [7, 11) is 3.28. The van der Waals surface area contributed by atoms with Crippen LogP contribution in [0, 0.1) is 0 Å². The van der Waals surface area contributed by atoms with Crippen molar-refractivity contribution in [3.8, 4) is 11.5 Å². The zero-order valence-electron chi connectivity index (χ0n) is 12.4. The molecule has 1 saturated heterocycles. The van der Waals surface area contributed by atoms with Gasteiger partial charge in [0.25, 0.3) is 0 Å². The second kappa shape index (κ2) is 7.56. The van der Waals surface area contributed by atoms with Gasteiger partial charge in [-0.15, -0.1) is 0 Å². The summed E-state index contributed by atoms with van der Waals surface area (Å²) in [6.07, 6.45) is 0.180. The summed E-state index contributed by atoms with van der Waals surface area (Å²) in [4.78, 5) is 13.2. The van der Waals surface area contributed by atoms with E-state index in [9.17, 15) is 4.79 Å². The minimum absolute atomic E-state index is 0.0668. The van der Waals surface area contributed by atoms with Crippen molar-refractivity contribution in [3.05, 3.63) is 23.8 Å². The Morgan fingerprint density at radius 2 is 2.24 bits per heavy atom. The highest BCUT2D eigenvalue weighted by Gasteiger charge is 2.25. The molecule has 0 bridgehead atoms. The van der Waals surface area contributed by atoms with Crippen LogP contribution in [0.25, 0.3) is 0 Å². The highest BCUT2D eigenvalue weighted by atomic mass is 32.2. The highest BCUT2D eigenvalue weighted by molar-refractivity contribution is 7.99. The van der Waals surface area contributed by atoms with Crippen molar-refractivity contribution in [1.82, 2.24) is 4.90 Å². The number of aliphatic carboxylic acids is 1. The lowest BCUT2D eigenvalue weighted by molar-refractivity contribution is -0.138. The van der Waals surface area contributed by atoms with Crippen molar-refractivity contribution >= 4 is 17.7 Å². The van der Waals surface area contributed by atoms with Crippen LogP contribution in [0.3, 0.4) is 0 Å². The zero-order chi connectivity index (χ0) is 15.2. The van der Waals surface area contributed by atoms with E-state index < -0.39 is 5.97 Å². The molecule has 0 amide bonds. The van der Waals surface area contributed by atoms with Crippen LogP contribution in [0.15, 0.2) is 18.2 Å². The van der Waals surface area contributed by atoms with Crippen molar-refractivity contribution < 1.29 is 19.4 Å². The Morgan fingerprint density at radius 3 is 2.90 bits per heavy atom. The van der Waals surface area contributed by atoms with Gasteiger partial charge in [-0.25, -0.2) is 0 Å². The Kier molecular flexibility index (Phi) is 5.76. The predicted molar refractivity (Wildman–Crippen MR) is 83.3 cm³/mol. The maximum atomic E-state index is 11.0. The molecule has 1 atom stereocenters. The molecule has 1 aliphatic rings. The SMILES string of the molecule is COc1ccc(OC)c(CN2CCSCC2CC(=O)O)c1. The van der Waals surface area contributed by atoms with Crippen LogP contribution >= 0.6 is 11.8 Å². The fraction of sp³-hybridized carbons (Fsp3) is 0.533. The van der Waals surface area contributed by atoms with E-state index in [0.717, 1.165) is 35.1 Å².